The van der Waals surface area contributed by atoms with Crippen LogP contribution in [-0.2, 0) is 12.5 Å². The average Bonchev–Trinajstić information content (AvgIpc) is 2.70. The van der Waals surface area contributed by atoms with Gasteiger partial charge in [-0.3, -0.25) is 0 Å². The Morgan fingerprint density at radius 3 is 2.52 bits per heavy atom. The fourth-order valence-corrected chi connectivity index (χ4v) is 3.99. The first-order valence-corrected chi connectivity index (χ1v) is 7.54. The van der Waals surface area contributed by atoms with Crippen LogP contribution in [0.4, 0.5) is 0 Å². The van der Waals surface area contributed by atoms with Crippen molar-refractivity contribution in [3.63, 3.8) is 0 Å². The van der Waals surface area contributed by atoms with Gasteiger partial charge < -0.3 is 0 Å². The highest BCUT2D eigenvalue weighted by Gasteiger charge is 2.42. The smallest absolute Gasteiger partial charge is 0.200 e. The van der Waals surface area contributed by atoms with Gasteiger partial charge in [0, 0.05) is 16.4 Å². The summed E-state index contributed by atoms with van der Waals surface area (Å²) < 4.78 is 2.30. The third-order valence-corrected chi connectivity index (χ3v) is 4.96. The van der Waals surface area contributed by atoms with E-state index in [2.05, 4.69) is 81.0 Å². The highest BCUT2D eigenvalue weighted by atomic mass is 14.9. The van der Waals surface area contributed by atoms with E-state index in [1.807, 2.05) is 0 Å². The molecule has 1 heteroatoms. The molecule has 2 aromatic carbocycles. The van der Waals surface area contributed by atoms with E-state index in [0.29, 0.717) is 0 Å². The van der Waals surface area contributed by atoms with Crippen molar-refractivity contribution in [3.05, 3.63) is 65.4 Å². The molecule has 1 aliphatic carbocycles. The fraction of sp³-hybridized carbons (Fsp3) is 0.250. The lowest BCUT2D eigenvalue weighted by Gasteiger charge is -2.21. The van der Waals surface area contributed by atoms with Crippen molar-refractivity contribution in [1.82, 2.24) is 0 Å². The van der Waals surface area contributed by atoms with Crippen molar-refractivity contribution >= 4 is 10.8 Å². The molecule has 1 heterocycles. The van der Waals surface area contributed by atoms with Gasteiger partial charge in [0.25, 0.3) is 0 Å². The fourth-order valence-electron chi connectivity index (χ4n) is 3.99. The molecule has 1 nitrogen and oxygen atoms in total. The van der Waals surface area contributed by atoms with Crippen LogP contribution in [0.5, 0.6) is 0 Å². The molecule has 0 radical (unpaired) electrons. The summed E-state index contributed by atoms with van der Waals surface area (Å²) in [4.78, 5) is 0. The Balaban J connectivity index is 2.26. The second kappa shape index (κ2) is 3.94. The van der Waals surface area contributed by atoms with Crippen molar-refractivity contribution < 1.29 is 4.57 Å². The number of hydrogen-bond acceptors (Lipinski definition) is 0. The normalized spacial score (nSPS) is 15.0. The zero-order valence-corrected chi connectivity index (χ0v) is 13.1. The maximum absolute atomic E-state index is 2.35. The number of fused-ring (bicyclic) bond motifs is 5. The lowest BCUT2D eigenvalue weighted by molar-refractivity contribution is -0.659. The van der Waals surface area contributed by atoms with Crippen LogP contribution < -0.4 is 4.57 Å². The summed E-state index contributed by atoms with van der Waals surface area (Å²) in [6, 6.07) is 15.4. The van der Waals surface area contributed by atoms with Crippen molar-refractivity contribution in [2.75, 3.05) is 0 Å². The zero-order chi connectivity index (χ0) is 14.8. The van der Waals surface area contributed by atoms with Crippen molar-refractivity contribution in [2.24, 2.45) is 7.05 Å². The van der Waals surface area contributed by atoms with Crippen LogP contribution >= 0.6 is 0 Å². The minimum absolute atomic E-state index is 0.0509. The van der Waals surface area contributed by atoms with Crippen LogP contribution in [0.15, 0.2) is 48.7 Å². The van der Waals surface area contributed by atoms with Gasteiger partial charge in [-0.05, 0) is 29.5 Å². The molecule has 1 aliphatic rings. The van der Waals surface area contributed by atoms with Gasteiger partial charge in [0.15, 0.2) is 6.20 Å². The Morgan fingerprint density at radius 1 is 0.952 bits per heavy atom. The summed E-state index contributed by atoms with van der Waals surface area (Å²) in [7, 11) is 2.17. The molecule has 0 amide bonds. The maximum atomic E-state index is 2.35. The zero-order valence-electron chi connectivity index (χ0n) is 13.1. The molecule has 0 atom stereocenters. The van der Waals surface area contributed by atoms with Crippen LogP contribution in [0.1, 0.15) is 30.5 Å². The van der Waals surface area contributed by atoms with Gasteiger partial charge in [0.05, 0.1) is 5.56 Å². The topological polar surface area (TPSA) is 3.88 Å². The van der Waals surface area contributed by atoms with Crippen molar-refractivity contribution in [2.45, 2.75) is 26.2 Å². The molecule has 104 valence electrons. The van der Waals surface area contributed by atoms with Gasteiger partial charge in [0.1, 0.15) is 7.05 Å². The molecule has 0 spiro atoms. The van der Waals surface area contributed by atoms with E-state index in [4.69, 9.17) is 0 Å². The van der Waals surface area contributed by atoms with E-state index in [-0.39, 0.29) is 5.41 Å². The summed E-state index contributed by atoms with van der Waals surface area (Å²) in [6.45, 7) is 6.92. The molecule has 0 saturated carbocycles. The number of pyridine rings is 1. The number of benzene rings is 2. The molecular formula is C20H20N+. The number of nitrogens with zero attached hydrogens (tertiary/aromatic N) is 1. The van der Waals surface area contributed by atoms with E-state index < -0.39 is 0 Å². The van der Waals surface area contributed by atoms with Crippen LogP contribution in [-0.4, -0.2) is 0 Å². The third-order valence-electron chi connectivity index (χ3n) is 4.96. The van der Waals surface area contributed by atoms with E-state index >= 15 is 0 Å². The van der Waals surface area contributed by atoms with Gasteiger partial charge >= 0.3 is 0 Å². The number of hydrogen-bond donors (Lipinski definition) is 0. The first-order chi connectivity index (χ1) is 10.0. The first-order valence-electron chi connectivity index (χ1n) is 7.54. The molecule has 0 saturated heterocycles. The first kappa shape index (κ1) is 12.6. The summed E-state index contributed by atoms with van der Waals surface area (Å²) in [5, 5.41) is 2.70. The number of aryl methyl sites for hydroxylation is 2. The Kier molecular flexibility index (Phi) is 2.36. The van der Waals surface area contributed by atoms with Gasteiger partial charge in [-0.1, -0.05) is 50.2 Å². The predicted octanol–water partition coefficient (Wildman–Crippen LogP) is 4.28. The minimum Gasteiger partial charge on any atom is -0.200 e. The van der Waals surface area contributed by atoms with Crippen LogP contribution in [0.3, 0.4) is 0 Å². The number of rotatable bonds is 0. The Bertz CT molecular complexity index is 888. The maximum Gasteiger partial charge on any atom is 0.217 e. The van der Waals surface area contributed by atoms with Gasteiger partial charge in [-0.25, -0.2) is 4.57 Å². The van der Waals surface area contributed by atoms with E-state index in [9.17, 15) is 0 Å². The highest BCUT2D eigenvalue weighted by Crippen LogP contribution is 2.50. The summed E-state index contributed by atoms with van der Waals surface area (Å²) >= 11 is 0. The van der Waals surface area contributed by atoms with Gasteiger partial charge in [0.2, 0.25) is 5.69 Å². The lowest BCUT2D eigenvalue weighted by atomic mass is 9.80. The van der Waals surface area contributed by atoms with Crippen molar-refractivity contribution in [1.29, 1.82) is 0 Å². The van der Waals surface area contributed by atoms with Crippen LogP contribution in [0, 0.1) is 6.92 Å². The van der Waals surface area contributed by atoms with Gasteiger partial charge in [-0.2, -0.15) is 0 Å². The Hall–Kier alpha value is -2.15. The van der Waals surface area contributed by atoms with Crippen molar-refractivity contribution in [3.8, 4) is 11.3 Å². The van der Waals surface area contributed by atoms with Crippen LogP contribution in [0.2, 0.25) is 0 Å². The molecule has 0 fully saturated rings. The molecule has 3 aromatic rings. The summed E-state index contributed by atoms with van der Waals surface area (Å²) in [5.41, 5.74) is 7.13. The minimum atomic E-state index is 0.0509. The third kappa shape index (κ3) is 1.49. The summed E-state index contributed by atoms with van der Waals surface area (Å²) in [6.07, 6.45) is 2.26. The Labute approximate surface area is 125 Å². The molecule has 21 heavy (non-hydrogen) atoms. The molecular weight excluding hydrogens is 254 g/mol. The average molecular weight is 274 g/mol. The monoisotopic (exact) mass is 274 g/mol. The van der Waals surface area contributed by atoms with E-state index in [0.717, 1.165) is 0 Å². The predicted molar refractivity (Wildman–Crippen MR) is 87.4 cm³/mol. The standard InChI is InChI=1S/C20H20N/c1-13-8-7-11-16-17(13)19-18(20(16,2)3)15-10-6-5-9-14(15)12-21(19)4/h5-12H,1-4H3/q+1. The largest absolute Gasteiger partial charge is 0.217 e. The van der Waals surface area contributed by atoms with E-state index in [1.165, 1.54) is 38.7 Å². The molecule has 0 unspecified atom stereocenters. The SMILES string of the molecule is Cc1cccc2c1-c1c(c3ccccc3c[n+]1C)C2(C)C. The molecule has 4 rings (SSSR count). The molecule has 0 N–H and O–H groups in total. The quantitative estimate of drug-likeness (QED) is 0.539. The highest BCUT2D eigenvalue weighted by molar-refractivity contribution is 5.94. The Morgan fingerprint density at radius 2 is 1.71 bits per heavy atom. The van der Waals surface area contributed by atoms with Gasteiger partial charge in [-0.15, -0.1) is 0 Å². The molecule has 0 aliphatic heterocycles. The second-order valence-corrected chi connectivity index (χ2v) is 6.67. The second-order valence-electron chi connectivity index (χ2n) is 6.67. The van der Waals surface area contributed by atoms with E-state index in [1.54, 1.807) is 0 Å². The molecule has 1 aromatic heterocycles. The lowest BCUT2D eigenvalue weighted by Crippen LogP contribution is -2.32. The molecule has 0 bridgehead atoms. The summed E-state index contributed by atoms with van der Waals surface area (Å²) in [5.74, 6) is 0. The van der Waals surface area contributed by atoms with Crippen LogP contribution in [0.25, 0.3) is 22.0 Å². The number of aromatic nitrogens is 1.